The molecule has 0 unspecified atom stereocenters. The molecule has 0 radical (unpaired) electrons. The van der Waals surface area contributed by atoms with E-state index in [-0.39, 0.29) is 27.4 Å². The van der Waals surface area contributed by atoms with Crippen LogP contribution in [0.4, 0.5) is 10.1 Å². The average Bonchev–Trinajstić information content (AvgIpc) is 2.53. The van der Waals surface area contributed by atoms with Crippen molar-refractivity contribution < 1.29 is 14.1 Å². The first-order valence-corrected chi connectivity index (χ1v) is 7.68. The molecule has 2 N–H and O–H groups in total. The minimum Gasteiger partial charge on any atom is -0.324 e. The highest BCUT2D eigenvalue weighted by molar-refractivity contribution is 6.35. The number of nitro benzene ring substituents is 1. The van der Waals surface area contributed by atoms with Crippen LogP contribution in [0.15, 0.2) is 30.3 Å². The lowest BCUT2D eigenvalue weighted by molar-refractivity contribution is -0.385. The summed E-state index contributed by atoms with van der Waals surface area (Å²) in [4.78, 5) is 23.0. The molecule has 2 aromatic rings. The van der Waals surface area contributed by atoms with Gasteiger partial charge in [0, 0.05) is 28.8 Å². The van der Waals surface area contributed by atoms with Crippen molar-refractivity contribution in [2.24, 2.45) is 5.73 Å². The third-order valence-corrected chi connectivity index (χ3v) is 4.16. The Balaban J connectivity index is 2.54. The number of carbonyl (C=O) groups excluding carboxylic acids is 1. The zero-order valence-corrected chi connectivity index (χ0v) is 13.9. The van der Waals surface area contributed by atoms with Gasteiger partial charge >= 0.3 is 0 Å². The molecule has 0 saturated carbocycles. The zero-order valence-electron chi connectivity index (χ0n) is 13.2. The summed E-state index contributed by atoms with van der Waals surface area (Å²) >= 11 is 6.01. The summed E-state index contributed by atoms with van der Waals surface area (Å²) in [5.41, 5.74) is 6.12. The number of benzene rings is 2. The highest BCUT2D eigenvalue weighted by Gasteiger charge is 2.23. The number of nitrogens with two attached hydrogens (primary N) is 1. The summed E-state index contributed by atoms with van der Waals surface area (Å²) in [6, 6.07) is 6.20. The Morgan fingerprint density at radius 1 is 1.38 bits per heavy atom. The lowest BCUT2D eigenvalue weighted by Crippen LogP contribution is -2.15. The highest BCUT2D eigenvalue weighted by Crippen LogP contribution is 2.29. The molecular weight excluding hydrogens is 335 g/mol. The summed E-state index contributed by atoms with van der Waals surface area (Å²) in [5, 5.41) is 10.8. The molecule has 0 heterocycles. The van der Waals surface area contributed by atoms with E-state index in [2.05, 4.69) is 0 Å². The minimum atomic E-state index is -0.752. The van der Waals surface area contributed by atoms with Crippen LogP contribution >= 0.6 is 11.6 Å². The average molecular weight is 351 g/mol. The number of halogens is 2. The van der Waals surface area contributed by atoms with Gasteiger partial charge in [0.25, 0.3) is 5.69 Å². The molecule has 0 amide bonds. The van der Waals surface area contributed by atoms with Gasteiger partial charge in [-0.1, -0.05) is 24.6 Å². The normalized spacial score (nSPS) is 12.0. The topological polar surface area (TPSA) is 86.2 Å². The Bertz CT molecular complexity index is 824. The molecule has 0 spiro atoms. The molecule has 2 aromatic carbocycles. The fraction of sp³-hybridized carbons (Fsp3) is 0.235. The van der Waals surface area contributed by atoms with E-state index in [0.717, 1.165) is 0 Å². The van der Waals surface area contributed by atoms with Crippen molar-refractivity contribution in [3.05, 3.63) is 73.5 Å². The van der Waals surface area contributed by atoms with Crippen molar-refractivity contribution in [3.8, 4) is 0 Å². The summed E-state index contributed by atoms with van der Waals surface area (Å²) in [6.07, 6.45) is 0.503. The fourth-order valence-electron chi connectivity index (χ4n) is 2.43. The van der Waals surface area contributed by atoms with Gasteiger partial charge in [-0.05, 0) is 31.5 Å². The SMILES string of the molecule is CC[C@@H](N)c1ccc(Cl)c(C(=O)c2ccc([N+](=O)[O-])c(C)c2)c1F. The molecule has 126 valence electrons. The van der Waals surface area contributed by atoms with Gasteiger partial charge in [0.1, 0.15) is 5.82 Å². The quantitative estimate of drug-likeness (QED) is 0.493. The number of nitrogens with zero attached hydrogens (tertiary/aromatic N) is 1. The monoisotopic (exact) mass is 350 g/mol. The van der Waals surface area contributed by atoms with Gasteiger partial charge in [0.15, 0.2) is 5.78 Å². The molecule has 0 aliphatic heterocycles. The lowest BCUT2D eigenvalue weighted by atomic mass is 9.95. The Morgan fingerprint density at radius 2 is 2.04 bits per heavy atom. The van der Waals surface area contributed by atoms with E-state index in [1.54, 1.807) is 6.92 Å². The van der Waals surface area contributed by atoms with Crippen molar-refractivity contribution in [2.45, 2.75) is 26.3 Å². The first kappa shape index (κ1) is 18.0. The molecule has 0 bridgehead atoms. The molecule has 5 nitrogen and oxygen atoms in total. The van der Waals surface area contributed by atoms with Crippen LogP contribution in [0.25, 0.3) is 0 Å². The Kier molecular flexibility index (Phi) is 5.31. The number of carbonyl (C=O) groups is 1. The minimum absolute atomic E-state index is 0.0273. The van der Waals surface area contributed by atoms with Gasteiger partial charge in [-0.15, -0.1) is 0 Å². The van der Waals surface area contributed by atoms with E-state index >= 15 is 0 Å². The summed E-state index contributed by atoms with van der Waals surface area (Å²) in [7, 11) is 0. The molecule has 7 heteroatoms. The summed E-state index contributed by atoms with van der Waals surface area (Å²) in [6.45, 7) is 3.32. The number of nitro groups is 1. The molecular formula is C17H16ClFN2O3. The van der Waals surface area contributed by atoms with Crippen LogP contribution in [0.2, 0.25) is 5.02 Å². The molecule has 0 aliphatic carbocycles. The van der Waals surface area contributed by atoms with E-state index in [4.69, 9.17) is 17.3 Å². The second kappa shape index (κ2) is 7.07. The van der Waals surface area contributed by atoms with E-state index < -0.39 is 22.6 Å². The Morgan fingerprint density at radius 3 is 2.58 bits per heavy atom. The van der Waals surface area contributed by atoms with Crippen LogP contribution < -0.4 is 5.73 Å². The maximum absolute atomic E-state index is 14.7. The standard InChI is InChI=1S/C17H16ClFN2O3/c1-3-13(20)11-5-6-12(18)15(16(11)19)17(22)10-4-7-14(21(23)24)9(2)8-10/h4-8,13H,3,20H2,1-2H3/t13-/m1/s1. The molecule has 24 heavy (non-hydrogen) atoms. The van der Waals surface area contributed by atoms with E-state index in [0.29, 0.717) is 12.0 Å². The van der Waals surface area contributed by atoms with Crippen molar-refractivity contribution >= 4 is 23.1 Å². The predicted octanol–water partition coefficient (Wildman–Crippen LogP) is 4.34. The van der Waals surface area contributed by atoms with E-state index in [1.807, 2.05) is 0 Å². The van der Waals surface area contributed by atoms with Crippen LogP contribution in [0.5, 0.6) is 0 Å². The third kappa shape index (κ3) is 3.29. The maximum Gasteiger partial charge on any atom is 0.272 e. The number of rotatable bonds is 5. The summed E-state index contributed by atoms with van der Waals surface area (Å²) in [5.74, 6) is -1.39. The maximum atomic E-state index is 14.7. The van der Waals surface area contributed by atoms with E-state index in [9.17, 15) is 19.3 Å². The smallest absolute Gasteiger partial charge is 0.272 e. The van der Waals surface area contributed by atoms with Crippen LogP contribution in [0.1, 0.15) is 46.4 Å². The zero-order chi connectivity index (χ0) is 18.0. The van der Waals surface area contributed by atoms with Crippen LogP contribution in [0.3, 0.4) is 0 Å². The molecule has 0 fully saturated rings. The number of aryl methyl sites for hydroxylation is 1. The third-order valence-electron chi connectivity index (χ3n) is 3.84. The number of hydrogen-bond donors (Lipinski definition) is 1. The Hall–Kier alpha value is -2.31. The largest absolute Gasteiger partial charge is 0.324 e. The predicted molar refractivity (Wildman–Crippen MR) is 89.9 cm³/mol. The first-order chi connectivity index (χ1) is 11.3. The van der Waals surface area contributed by atoms with Gasteiger partial charge < -0.3 is 5.73 Å². The second-order valence-corrected chi connectivity index (χ2v) is 5.84. The number of ketones is 1. The fourth-order valence-corrected chi connectivity index (χ4v) is 2.66. The van der Waals surface area contributed by atoms with Gasteiger partial charge in [-0.3, -0.25) is 14.9 Å². The van der Waals surface area contributed by atoms with Gasteiger partial charge in [0.2, 0.25) is 0 Å². The van der Waals surface area contributed by atoms with Crippen LogP contribution in [-0.2, 0) is 0 Å². The number of hydrogen-bond acceptors (Lipinski definition) is 4. The van der Waals surface area contributed by atoms with Crippen LogP contribution in [-0.4, -0.2) is 10.7 Å². The molecule has 0 aliphatic rings. The van der Waals surface area contributed by atoms with Crippen molar-refractivity contribution in [1.29, 1.82) is 0 Å². The molecule has 1 atom stereocenters. The second-order valence-electron chi connectivity index (χ2n) is 5.43. The van der Waals surface area contributed by atoms with Gasteiger partial charge in [0.05, 0.1) is 15.5 Å². The molecule has 0 aromatic heterocycles. The first-order valence-electron chi connectivity index (χ1n) is 7.31. The molecule has 2 rings (SSSR count). The van der Waals surface area contributed by atoms with Crippen molar-refractivity contribution in [3.63, 3.8) is 0 Å². The Labute approximate surface area is 143 Å². The van der Waals surface area contributed by atoms with E-state index in [1.165, 1.54) is 37.3 Å². The van der Waals surface area contributed by atoms with Crippen molar-refractivity contribution in [2.75, 3.05) is 0 Å². The highest BCUT2D eigenvalue weighted by atomic mass is 35.5. The van der Waals surface area contributed by atoms with Crippen LogP contribution in [0, 0.1) is 22.9 Å². The summed E-state index contributed by atoms with van der Waals surface area (Å²) < 4.78 is 14.7. The lowest BCUT2D eigenvalue weighted by Gasteiger charge is -2.14. The molecule has 0 saturated heterocycles. The van der Waals surface area contributed by atoms with Crippen molar-refractivity contribution in [1.82, 2.24) is 0 Å². The van der Waals surface area contributed by atoms with Gasteiger partial charge in [-0.2, -0.15) is 0 Å². The van der Waals surface area contributed by atoms with Gasteiger partial charge in [-0.25, -0.2) is 4.39 Å².